The van der Waals surface area contributed by atoms with E-state index < -0.39 is 5.97 Å². The molecule has 0 aliphatic rings. The van der Waals surface area contributed by atoms with E-state index in [0.29, 0.717) is 18.7 Å². The molecule has 0 unspecified atom stereocenters. The van der Waals surface area contributed by atoms with Crippen molar-refractivity contribution in [3.05, 3.63) is 95.3 Å². The van der Waals surface area contributed by atoms with Crippen LogP contribution in [0.15, 0.2) is 72.9 Å². The molecule has 0 bridgehead atoms. The van der Waals surface area contributed by atoms with Gasteiger partial charge in [-0.15, -0.1) is 0 Å². The fraction of sp³-hybridized carbons (Fsp3) is 0.130. The van der Waals surface area contributed by atoms with Gasteiger partial charge in [-0.2, -0.15) is 4.57 Å². The lowest BCUT2D eigenvalue weighted by Crippen LogP contribution is -3.00. The lowest BCUT2D eigenvalue weighted by Gasteiger charge is -2.04. The summed E-state index contributed by atoms with van der Waals surface area (Å²) in [5.41, 5.74) is 3.47. The predicted molar refractivity (Wildman–Crippen MR) is 106 cm³/mol. The van der Waals surface area contributed by atoms with E-state index in [1.807, 2.05) is 61.7 Å². The number of carboxylic acids is 1. The molecule has 0 saturated carbocycles. The van der Waals surface area contributed by atoms with Gasteiger partial charge in [0.25, 0.3) is 0 Å². The van der Waals surface area contributed by atoms with Gasteiger partial charge in [0.15, 0.2) is 12.7 Å². The third-order valence-corrected chi connectivity index (χ3v) is 4.15. The molecule has 5 heteroatoms. The highest BCUT2D eigenvalue weighted by Crippen LogP contribution is 2.15. The van der Waals surface area contributed by atoms with Crippen LogP contribution in [0.4, 0.5) is 0 Å². The van der Waals surface area contributed by atoms with Crippen LogP contribution in [0.2, 0.25) is 0 Å². The Kier molecular flexibility index (Phi) is 7.78. The van der Waals surface area contributed by atoms with E-state index in [2.05, 4.69) is 22.8 Å². The number of benzene rings is 2. The molecule has 2 aromatic carbocycles. The van der Waals surface area contributed by atoms with Crippen molar-refractivity contribution in [2.24, 2.45) is 0 Å². The molecule has 1 N–H and O–H groups in total. The first-order valence-electron chi connectivity index (χ1n) is 8.87. The van der Waals surface area contributed by atoms with Crippen LogP contribution in [0.3, 0.4) is 0 Å². The highest BCUT2D eigenvalue weighted by molar-refractivity contribution is 5.87. The summed E-state index contributed by atoms with van der Waals surface area (Å²) in [7, 11) is 0. The van der Waals surface area contributed by atoms with E-state index in [4.69, 9.17) is 9.84 Å². The largest absolute Gasteiger partial charge is 1.00 e. The molecule has 0 aliphatic carbocycles. The summed E-state index contributed by atoms with van der Waals surface area (Å²) in [5, 5.41) is 9.02. The molecular weight excluding hydrogens is 374 g/mol. The zero-order valence-electron chi connectivity index (χ0n) is 15.6. The number of aromatic carboxylic acids is 1. The summed E-state index contributed by atoms with van der Waals surface area (Å²) in [6.07, 6.45) is 6.14. The van der Waals surface area contributed by atoms with Gasteiger partial charge in [0, 0.05) is 23.8 Å². The first kappa shape index (κ1) is 21.2. The quantitative estimate of drug-likeness (QED) is 0.613. The fourth-order valence-electron chi connectivity index (χ4n) is 2.79. The number of hydrogen-bond donors (Lipinski definition) is 1. The molecule has 3 rings (SSSR count). The third-order valence-electron chi connectivity index (χ3n) is 4.15. The second-order valence-electron chi connectivity index (χ2n) is 6.09. The van der Waals surface area contributed by atoms with E-state index >= 15 is 0 Å². The Morgan fingerprint density at radius 2 is 1.82 bits per heavy atom. The van der Waals surface area contributed by atoms with Gasteiger partial charge < -0.3 is 22.3 Å². The number of hydrogen-bond acceptors (Lipinski definition) is 2. The molecule has 1 heterocycles. The van der Waals surface area contributed by atoms with Crippen molar-refractivity contribution in [2.75, 3.05) is 6.61 Å². The minimum absolute atomic E-state index is 0. The van der Waals surface area contributed by atoms with E-state index in [9.17, 15) is 4.79 Å². The maximum Gasteiger partial charge on any atom is 0.335 e. The molecule has 0 saturated heterocycles. The maximum atomic E-state index is 11.0. The summed E-state index contributed by atoms with van der Waals surface area (Å²) in [5.74, 6) is -0.0501. The van der Waals surface area contributed by atoms with Gasteiger partial charge in [-0.3, -0.25) is 0 Å². The van der Waals surface area contributed by atoms with Crippen molar-refractivity contribution in [2.45, 2.75) is 13.5 Å². The summed E-state index contributed by atoms with van der Waals surface area (Å²) in [6, 6.07) is 21.0. The maximum absolute atomic E-state index is 11.0. The first-order valence-corrected chi connectivity index (χ1v) is 8.87. The topological polar surface area (TPSA) is 50.4 Å². The Morgan fingerprint density at radius 3 is 2.54 bits per heavy atom. The van der Waals surface area contributed by atoms with Crippen LogP contribution in [0.1, 0.15) is 34.1 Å². The number of carbonyl (C=O) groups is 1. The highest BCUT2D eigenvalue weighted by Gasteiger charge is 2.09. The Labute approximate surface area is 171 Å². The highest BCUT2D eigenvalue weighted by atomic mass is 35.5. The monoisotopic (exact) mass is 395 g/mol. The van der Waals surface area contributed by atoms with E-state index in [-0.39, 0.29) is 12.4 Å². The minimum atomic E-state index is -0.910. The molecule has 0 spiro atoms. The van der Waals surface area contributed by atoms with Crippen LogP contribution < -0.4 is 21.7 Å². The van der Waals surface area contributed by atoms with Crippen molar-refractivity contribution >= 4 is 18.1 Å². The van der Waals surface area contributed by atoms with Crippen molar-refractivity contribution in [1.82, 2.24) is 0 Å². The number of nitrogens with zero attached hydrogens (tertiary/aromatic N) is 1. The molecular formula is C23H22ClNO3. The van der Waals surface area contributed by atoms with Gasteiger partial charge in [0.05, 0.1) is 12.2 Å². The van der Waals surface area contributed by atoms with Crippen LogP contribution in [0.5, 0.6) is 5.75 Å². The summed E-state index contributed by atoms with van der Waals surface area (Å²) < 4.78 is 7.67. The Balaban J connectivity index is 0.00000280. The van der Waals surface area contributed by atoms with Crippen molar-refractivity contribution in [3.8, 4) is 5.75 Å². The minimum Gasteiger partial charge on any atom is -1.00 e. The van der Waals surface area contributed by atoms with Crippen molar-refractivity contribution < 1.29 is 31.6 Å². The standard InChI is InChI=1S/C23H21NO3.ClH/c1-2-27-22-8-5-6-18(16-22)11-14-21-7-3-4-15-24(21)17-19-9-12-20(13-10-19)23(25)26;/h3-16H,2,17H2,1H3;1H/b14-11+;. The lowest BCUT2D eigenvalue weighted by molar-refractivity contribution is -0.690. The van der Waals surface area contributed by atoms with E-state index in [1.54, 1.807) is 12.1 Å². The molecule has 0 radical (unpaired) electrons. The second-order valence-corrected chi connectivity index (χ2v) is 6.09. The molecule has 3 aromatic rings. The zero-order valence-corrected chi connectivity index (χ0v) is 16.3. The van der Waals surface area contributed by atoms with Gasteiger partial charge in [0.1, 0.15) is 5.75 Å². The molecule has 28 heavy (non-hydrogen) atoms. The fourth-order valence-corrected chi connectivity index (χ4v) is 2.79. The summed E-state index contributed by atoms with van der Waals surface area (Å²) in [6.45, 7) is 3.28. The van der Waals surface area contributed by atoms with Gasteiger partial charge in [-0.1, -0.05) is 24.3 Å². The number of halogens is 1. The van der Waals surface area contributed by atoms with Crippen LogP contribution in [-0.4, -0.2) is 17.7 Å². The smallest absolute Gasteiger partial charge is 0.335 e. The van der Waals surface area contributed by atoms with Crippen LogP contribution >= 0.6 is 0 Å². The molecule has 0 aliphatic heterocycles. The third kappa shape index (κ3) is 5.69. The summed E-state index contributed by atoms with van der Waals surface area (Å²) >= 11 is 0. The first-order chi connectivity index (χ1) is 13.2. The predicted octanol–water partition coefficient (Wildman–Crippen LogP) is 1.29. The number of ether oxygens (including phenoxy) is 1. The summed E-state index contributed by atoms with van der Waals surface area (Å²) in [4.78, 5) is 11.0. The van der Waals surface area contributed by atoms with Crippen molar-refractivity contribution in [1.29, 1.82) is 0 Å². The molecule has 0 amide bonds. The SMILES string of the molecule is CCOc1cccc(/C=C/c2cccc[n+]2Cc2ccc(C(=O)O)cc2)c1.[Cl-]. The lowest BCUT2D eigenvalue weighted by atomic mass is 10.1. The number of aromatic nitrogens is 1. The van der Waals surface area contributed by atoms with Gasteiger partial charge in [-0.05, 0) is 48.9 Å². The molecule has 0 atom stereocenters. The number of pyridine rings is 1. The average Bonchev–Trinajstić information content (AvgIpc) is 2.68. The van der Waals surface area contributed by atoms with Gasteiger partial charge in [-0.25, -0.2) is 4.79 Å². The second kappa shape index (κ2) is 10.3. The van der Waals surface area contributed by atoms with Crippen LogP contribution in [0.25, 0.3) is 12.2 Å². The zero-order chi connectivity index (χ0) is 19.1. The van der Waals surface area contributed by atoms with Crippen LogP contribution in [-0.2, 0) is 6.54 Å². The Hall–Kier alpha value is -3.11. The van der Waals surface area contributed by atoms with Crippen LogP contribution in [0, 0.1) is 0 Å². The number of carboxylic acid groups (broad SMARTS) is 1. The van der Waals surface area contributed by atoms with E-state index in [1.165, 1.54) is 0 Å². The molecule has 1 aromatic heterocycles. The normalized spacial score (nSPS) is 10.5. The Morgan fingerprint density at radius 1 is 1.04 bits per heavy atom. The molecule has 144 valence electrons. The average molecular weight is 396 g/mol. The number of rotatable bonds is 7. The van der Waals surface area contributed by atoms with Gasteiger partial charge in [0.2, 0.25) is 5.69 Å². The molecule has 4 nitrogen and oxygen atoms in total. The molecule has 0 fully saturated rings. The van der Waals surface area contributed by atoms with E-state index in [0.717, 1.165) is 22.6 Å². The Bertz CT molecular complexity index is 952. The van der Waals surface area contributed by atoms with Gasteiger partial charge >= 0.3 is 5.97 Å². The van der Waals surface area contributed by atoms with Crippen molar-refractivity contribution in [3.63, 3.8) is 0 Å².